The molecule has 0 atom stereocenters. The summed E-state index contributed by atoms with van der Waals surface area (Å²) in [5, 5.41) is 2.86. The molecule has 1 heterocycles. The van der Waals surface area contributed by atoms with E-state index in [0.717, 1.165) is 22.6 Å². The highest BCUT2D eigenvalue weighted by molar-refractivity contribution is 5.91. The Labute approximate surface area is 171 Å². The van der Waals surface area contributed by atoms with Crippen LogP contribution in [0.25, 0.3) is 0 Å². The number of amides is 1. The van der Waals surface area contributed by atoms with E-state index in [1.807, 2.05) is 50.2 Å². The number of aryl methyl sites for hydroxylation is 1. The van der Waals surface area contributed by atoms with Gasteiger partial charge in [0.1, 0.15) is 11.5 Å². The lowest BCUT2D eigenvalue weighted by molar-refractivity contribution is 0.0918. The number of nitrogens with one attached hydrogen (secondary N) is 1. The van der Waals surface area contributed by atoms with E-state index in [1.165, 1.54) is 5.56 Å². The zero-order valence-corrected chi connectivity index (χ0v) is 17.3. The molecule has 1 N–H and O–H groups in total. The van der Waals surface area contributed by atoms with Crippen molar-refractivity contribution in [1.82, 2.24) is 5.32 Å². The van der Waals surface area contributed by atoms with E-state index in [9.17, 15) is 4.79 Å². The Morgan fingerprint density at radius 2 is 1.86 bits per heavy atom. The van der Waals surface area contributed by atoms with E-state index in [2.05, 4.69) is 25.2 Å². The van der Waals surface area contributed by atoms with Crippen molar-refractivity contribution in [2.75, 3.05) is 6.61 Å². The van der Waals surface area contributed by atoms with Crippen LogP contribution >= 0.6 is 0 Å². The predicted octanol–water partition coefficient (Wildman–Crippen LogP) is 5.83. The molecule has 152 valence electrons. The van der Waals surface area contributed by atoms with Crippen molar-refractivity contribution in [2.45, 2.75) is 40.2 Å². The van der Waals surface area contributed by atoms with Crippen LogP contribution < -0.4 is 14.8 Å². The monoisotopic (exact) mass is 393 g/mol. The first-order valence-electron chi connectivity index (χ1n) is 9.85. The third-order valence-corrected chi connectivity index (χ3v) is 4.61. The SMILES string of the molecule is CCOc1ccccc1CNC(=O)c1ccc(Oc2cc(C(C)C)ccc2C)o1. The lowest BCUT2D eigenvalue weighted by Crippen LogP contribution is -2.22. The van der Waals surface area contributed by atoms with Crippen LogP contribution in [0, 0.1) is 6.92 Å². The van der Waals surface area contributed by atoms with Crippen LogP contribution in [0.1, 0.15) is 53.9 Å². The molecule has 0 saturated carbocycles. The van der Waals surface area contributed by atoms with E-state index in [4.69, 9.17) is 13.9 Å². The minimum absolute atomic E-state index is 0.201. The molecule has 3 rings (SSSR count). The number of benzene rings is 2. The van der Waals surface area contributed by atoms with Gasteiger partial charge >= 0.3 is 0 Å². The minimum Gasteiger partial charge on any atom is -0.494 e. The summed E-state index contributed by atoms with van der Waals surface area (Å²) in [5.41, 5.74) is 3.10. The number of ether oxygens (including phenoxy) is 2. The van der Waals surface area contributed by atoms with Crippen molar-refractivity contribution in [3.8, 4) is 17.4 Å². The third-order valence-electron chi connectivity index (χ3n) is 4.61. The molecule has 0 aliphatic carbocycles. The van der Waals surface area contributed by atoms with Gasteiger partial charge in [0.25, 0.3) is 11.9 Å². The molecule has 0 spiro atoms. The van der Waals surface area contributed by atoms with E-state index in [-0.39, 0.29) is 17.6 Å². The van der Waals surface area contributed by atoms with Crippen LogP contribution in [-0.2, 0) is 6.54 Å². The fourth-order valence-corrected chi connectivity index (χ4v) is 2.90. The van der Waals surface area contributed by atoms with E-state index in [0.29, 0.717) is 19.1 Å². The van der Waals surface area contributed by atoms with Crippen LogP contribution in [0.15, 0.2) is 59.0 Å². The van der Waals surface area contributed by atoms with Crippen molar-refractivity contribution in [2.24, 2.45) is 0 Å². The van der Waals surface area contributed by atoms with Gasteiger partial charge in [-0.15, -0.1) is 0 Å². The van der Waals surface area contributed by atoms with Crippen molar-refractivity contribution in [1.29, 1.82) is 0 Å². The van der Waals surface area contributed by atoms with Crippen molar-refractivity contribution >= 4 is 5.91 Å². The third kappa shape index (κ3) is 5.19. The second-order valence-electron chi connectivity index (χ2n) is 7.12. The molecule has 5 heteroatoms. The fourth-order valence-electron chi connectivity index (χ4n) is 2.90. The van der Waals surface area contributed by atoms with Crippen LogP contribution in [0.4, 0.5) is 0 Å². The Morgan fingerprint density at radius 3 is 2.62 bits per heavy atom. The summed E-state index contributed by atoms with van der Waals surface area (Å²) in [5.74, 6) is 2.07. The Kier molecular flexibility index (Phi) is 6.60. The summed E-state index contributed by atoms with van der Waals surface area (Å²) in [4.78, 5) is 12.5. The lowest BCUT2D eigenvalue weighted by Gasteiger charge is -2.11. The smallest absolute Gasteiger partial charge is 0.290 e. The highest BCUT2D eigenvalue weighted by Crippen LogP contribution is 2.30. The second-order valence-corrected chi connectivity index (χ2v) is 7.12. The molecule has 0 fully saturated rings. The molecule has 3 aromatic rings. The van der Waals surface area contributed by atoms with Gasteiger partial charge in [0.05, 0.1) is 6.61 Å². The molecule has 1 amide bonds. The van der Waals surface area contributed by atoms with Gasteiger partial charge in [-0.2, -0.15) is 0 Å². The predicted molar refractivity (Wildman–Crippen MR) is 113 cm³/mol. The number of carbonyl (C=O) groups excluding carboxylic acids is 1. The number of hydrogen-bond acceptors (Lipinski definition) is 4. The maximum absolute atomic E-state index is 12.5. The van der Waals surface area contributed by atoms with Gasteiger partial charge in [-0.25, -0.2) is 0 Å². The zero-order valence-electron chi connectivity index (χ0n) is 17.3. The molecule has 1 aromatic heterocycles. The average molecular weight is 393 g/mol. The zero-order chi connectivity index (χ0) is 20.8. The summed E-state index contributed by atoms with van der Waals surface area (Å²) < 4.78 is 17.1. The van der Waals surface area contributed by atoms with Crippen molar-refractivity contribution in [3.05, 3.63) is 77.0 Å². The Morgan fingerprint density at radius 1 is 1.07 bits per heavy atom. The van der Waals surface area contributed by atoms with E-state index < -0.39 is 0 Å². The molecular formula is C24H27NO4. The number of para-hydroxylation sites is 1. The van der Waals surface area contributed by atoms with Gasteiger partial charge in [-0.05, 0) is 49.1 Å². The maximum atomic E-state index is 12.5. The Bertz CT molecular complexity index is 975. The summed E-state index contributed by atoms with van der Waals surface area (Å²) >= 11 is 0. The highest BCUT2D eigenvalue weighted by Gasteiger charge is 2.14. The Hall–Kier alpha value is -3.21. The average Bonchev–Trinajstić information content (AvgIpc) is 3.17. The molecule has 2 aromatic carbocycles. The van der Waals surface area contributed by atoms with Gasteiger partial charge in [0, 0.05) is 18.2 Å². The number of hydrogen-bond donors (Lipinski definition) is 1. The minimum atomic E-state index is -0.307. The number of carbonyl (C=O) groups is 1. The molecule has 0 unspecified atom stereocenters. The summed E-state index contributed by atoms with van der Waals surface area (Å²) in [6.45, 7) is 9.09. The topological polar surface area (TPSA) is 60.7 Å². The first-order valence-corrected chi connectivity index (χ1v) is 9.85. The molecule has 0 bridgehead atoms. The van der Waals surface area contributed by atoms with Crippen LogP contribution in [-0.4, -0.2) is 12.5 Å². The second kappa shape index (κ2) is 9.32. The highest BCUT2D eigenvalue weighted by atomic mass is 16.6. The van der Waals surface area contributed by atoms with Crippen LogP contribution in [0.5, 0.6) is 17.4 Å². The van der Waals surface area contributed by atoms with Crippen LogP contribution in [0.2, 0.25) is 0 Å². The van der Waals surface area contributed by atoms with Gasteiger partial charge < -0.3 is 19.2 Å². The standard InChI is InChI=1S/C24H27NO4/c1-5-27-20-9-7-6-8-19(20)15-25-24(26)21-12-13-23(28-21)29-22-14-18(16(2)3)11-10-17(22)4/h6-14,16H,5,15H2,1-4H3,(H,25,26). The number of furan rings is 1. The van der Waals surface area contributed by atoms with Gasteiger partial charge in [0.15, 0.2) is 5.76 Å². The molecule has 29 heavy (non-hydrogen) atoms. The molecular weight excluding hydrogens is 366 g/mol. The number of rotatable bonds is 8. The molecule has 0 aliphatic heterocycles. The van der Waals surface area contributed by atoms with E-state index >= 15 is 0 Å². The Balaban J connectivity index is 1.66. The molecule has 0 radical (unpaired) electrons. The lowest BCUT2D eigenvalue weighted by atomic mass is 10.0. The van der Waals surface area contributed by atoms with E-state index in [1.54, 1.807) is 12.1 Å². The fraction of sp³-hybridized carbons (Fsp3) is 0.292. The van der Waals surface area contributed by atoms with Gasteiger partial charge in [-0.1, -0.05) is 44.2 Å². The normalized spacial score (nSPS) is 10.8. The first kappa shape index (κ1) is 20.5. The first-order chi connectivity index (χ1) is 14.0. The quantitative estimate of drug-likeness (QED) is 0.523. The molecule has 0 saturated heterocycles. The summed E-state index contributed by atoms with van der Waals surface area (Å²) in [7, 11) is 0. The molecule has 5 nitrogen and oxygen atoms in total. The van der Waals surface area contributed by atoms with Crippen molar-refractivity contribution in [3.63, 3.8) is 0 Å². The maximum Gasteiger partial charge on any atom is 0.290 e. The van der Waals surface area contributed by atoms with Gasteiger partial charge in [0.2, 0.25) is 0 Å². The summed E-state index contributed by atoms with van der Waals surface area (Å²) in [6.07, 6.45) is 0. The summed E-state index contributed by atoms with van der Waals surface area (Å²) in [6, 6.07) is 17.0. The van der Waals surface area contributed by atoms with Crippen molar-refractivity contribution < 1.29 is 18.7 Å². The largest absolute Gasteiger partial charge is 0.494 e. The molecule has 0 aliphatic rings. The van der Waals surface area contributed by atoms with Crippen LogP contribution in [0.3, 0.4) is 0 Å². The van der Waals surface area contributed by atoms with Gasteiger partial charge in [-0.3, -0.25) is 4.79 Å².